The maximum atomic E-state index is 10.4. The summed E-state index contributed by atoms with van der Waals surface area (Å²) in [6.45, 7) is 0. The standard InChI is InChI=1S/5C6H4N4O2.Fe.Li.Mn/c5*11-6(12)5-7-1-3-4(10-5)9-2-8-3;;;/h5*1-2H,(H,11,12)(H,7,8,9,10);;;/q;;;;;;+1;/p-1. The molecule has 0 aliphatic heterocycles. The number of carbonyl (C=O) groups is 5. The first-order chi connectivity index (χ1) is 28.9. The third kappa shape index (κ3) is 12.6. The van der Waals surface area contributed by atoms with Gasteiger partial charge in [0.05, 0.1) is 62.6 Å². The van der Waals surface area contributed by atoms with Gasteiger partial charge in [-0.2, -0.15) is 0 Å². The molecule has 0 atom stereocenters. The maximum absolute atomic E-state index is 10.4. The minimum atomic E-state index is -1.40. The van der Waals surface area contributed by atoms with E-state index in [1.165, 1.54) is 62.6 Å². The quantitative estimate of drug-likeness (QED) is 0.0741. The number of hydrogen-bond acceptors (Lipinski definition) is 21. The Labute approximate surface area is 378 Å². The van der Waals surface area contributed by atoms with Gasteiger partial charge in [-0.25, -0.2) is 93.9 Å². The predicted molar refractivity (Wildman–Crippen MR) is 191 cm³/mol. The number of fused-ring (bicyclic) bond motifs is 5. The molecule has 1 radical (unpaired) electrons. The zero-order valence-electron chi connectivity index (χ0n) is 31.0. The van der Waals surface area contributed by atoms with Crippen LogP contribution < -0.4 is 24.0 Å². The van der Waals surface area contributed by atoms with E-state index in [4.69, 9.17) is 20.4 Å². The molecule has 10 aromatic rings. The SMILES string of the molecule is O=C(O)c1ncc2[nH]cnc2n1.O=C(O)c1ncc2[nH]cnc2n1.O=C(O)c1ncc2[nH]cnc2n1.O=C(O)c1ncc2[nH]cnc2n1.O=C([O-])c1ncc2[nH]cnc2n1.[Fe].[Li+].[Mn]. The summed E-state index contributed by atoms with van der Waals surface area (Å²) in [5.74, 6) is -7.33. The molecular formula is C30H19FeLiMnN20O10. The Morgan fingerprint density at radius 3 is 0.762 bits per heavy atom. The molecule has 0 bridgehead atoms. The van der Waals surface area contributed by atoms with Crippen LogP contribution >= 0.6 is 0 Å². The Bertz CT molecular complexity index is 2690. The molecule has 0 aromatic carbocycles. The molecular weight excluding hydrogens is 918 g/mol. The molecule has 0 aliphatic rings. The van der Waals surface area contributed by atoms with Crippen molar-refractivity contribution in [3.63, 3.8) is 0 Å². The van der Waals surface area contributed by atoms with Crippen LogP contribution in [0.1, 0.15) is 53.1 Å². The number of imidazole rings is 5. The second-order valence-corrected chi connectivity index (χ2v) is 10.7. The molecule has 30 nitrogen and oxygen atoms in total. The predicted octanol–water partition coefficient (Wildman–Crippen LogP) is -4.08. The summed E-state index contributed by atoms with van der Waals surface area (Å²) < 4.78 is 0. The van der Waals surface area contributed by atoms with Crippen LogP contribution in [0.15, 0.2) is 62.6 Å². The fraction of sp³-hybridized carbons (Fsp3) is 0. The maximum Gasteiger partial charge on any atom is 1.00 e. The van der Waals surface area contributed by atoms with E-state index < -0.39 is 29.8 Å². The van der Waals surface area contributed by atoms with Crippen molar-refractivity contribution in [2.24, 2.45) is 0 Å². The van der Waals surface area contributed by atoms with Gasteiger partial charge in [0, 0.05) is 34.1 Å². The number of aromatic nitrogens is 20. The summed E-state index contributed by atoms with van der Waals surface area (Å²) in [5, 5.41) is 44.4. The van der Waals surface area contributed by atoms with Crippen molar-refractivity contribution < 1.29 is 103 Å². The van der Waals surface area contributed by atoms with Crippen LogP contribution in [0.4, 0.5) is 0 Å². The molecule has 10 rings (SSSR count). The average Bonchev–Trinajstić information content (AvgIpc) is 4.10. The smallest absolute Gasteiger partial charge is 0.542 e. The Kier molecular flexibility index (Phi) is 17.4. The fourth-order valence-corrected chi connectivity index (χ4v) is 4.19. The van der Waals surface area contributed by atoms with Crippen LogP contribution in [0.5, 0.6) is 0 Å². The van der Waals surface area contributed by atoms with E-state index in [-0.39, 0.29) is 82.1 Å². The van der Waals surface area contributed by atoms with Crippen molar-refractivity contribution in [2.45, 2.75) is 0 Å². The van der Waals surface area contributed by atoms with Crippen LogP contribution in [-0.2, 0) is 34.1 Å². The zero-order valence-corrected chi connectivity index (χ0v) is 33.2. The van der Waals surface area contributed by atoms with Gasteiger partial charge in [-0.15, -0.1) is 0 Å². The molecule has 10 aromatic heterocycles. The number of H-pyrrole nitrogens is 5. The van der Waals surface area contributed by atoms with Gasteiger partial charge in [-0.3, -0.25) is 0 Å². The van der Waals surface area contributed by atoms with Crippen LogP contribution in [-0.4, -0.2) is 150 Å². The van der Waals surface area contributed by atoms with E-state index in [0.29, 0.717) is 55.8 Å². The van der Waals surface area contributed by atoms with Crippen molar-refractivity contribution in [2.75, 3.05) is 0 Å². The molecule has 0 saturated heterocycles. The number of nitrogens with one attached hydrogen (secondary N) is 5. The van der Waals surface area contributed by atoms with E-state index in [2.05, 4.69) is 99.7 Å². The molecule has 0 unspecified atom stereocenters. The summed E-state index contributed by atoms with van der Waals surface area (Å²) in [7, 11) is 0. The fourth-order valence-electron chi connectivity index (χ4n) is 4.19. The summed E-state index contributed by atoms with van der Waals surface area (Å²) in [5.41, 5.74) is 4.87. The summed E-state index contributed by atoms with van der Waals surface area (Å²) in [4.78, 5) is 121. The first-order valence-corrected chi connectivity index (χ1v) is 15.8. The van der Waals surface area contributed by atoms with E-state index in [1.807, 2.05) is 0 Å². The third-order valence-corrected chi connectivity index (χ3v) is 6.83. The molecule has 10 heterocycles. The van der Waals surface area contributed by atoms with Crippen LogP contribution in [0, 0.1) is 0 Å². The van der Waals surface area contributed by atoms with Gasteiger partial charge in [0.1, 0.15) is 33.6 Å². The van der Waals surface area contributed by atoms with Crippen LogP contribution in [0.3, 0.4) is 0 Å². The molecule has 9 N–H and O–H groups in total. The Balaban J connectivity index is 0.000000207. The summed E-state index contributed by atoms with van der Waals surface area (Å²) >= 11 is 0. The van der Waals surface area contributed by atoms with Crippen molar-refractivity contribution in [1.82, 2.24) is 99.7 Å². The van der Waals surface area contributed by atoms with Gasteiger partial charge in [0.15, 0.2) is 34.1 Å². The number of aromatic carboxylic acids is 5. The number of carboxylic acid groups (broad SMARTS) is 5. The summed E-state index contributed by atoms with van der Waals surface area (Å²) in [6.07, 6.45) is 14.1. The number of rotatable bonds is 5. The normalized spacial score (nSPS) is 9.84. The van der Waals surface area contributed by atoms with Gasteiger partial charge in [0.2, 0.25) is 23.3 Å². The number of carbonyl (C=O) groups excluding carboxylic acids is 1. The zero-order chi connectivity index (χ0) is 42.8. The Morgan fingerprint density at radius 2 is 0.571 bits per heavy atom. The van der Waals surface area contributed by atoms with Crippen LogP contribution in [0.2, 0.25) is 0 Å². The molecule has 0 aliphatic carbocycles. The first kappa shape index (κ1) is 49.1. The first-order valence-electron chi connectivity index (χ1n) is 15.8. The molecule has 63 heavy (non-hydrogen) atoms. The van der Waals surface area contributed by atoms with Gasteiger partial charge < -0.3 is 55.2 Å². The van der Waals surface area contributed by atoms with Crippen LogP contribution in [0.25, 0.3) is 55.8 Å². The van der Waals surface area contributed by atoms with Crippen molar-refractivity contribution in [1.29, 1.82) is 0 Å². The number of hydrogen-bond donors (Lipinski definition) is 9. The Hall–Kier alpha value is -8.26. The largest absolute Gasteiger partial charge is 1.00 e. The molecule has 0 saturated carbocycles. The monoisotopic (exact) mass is 937 g/mol. The third-order valence-electron chi connectivity index (χ3n) is 6.83. The van der Waals surface area contributed by atoms with Gasteiger partial charge >= 0.3 is 42.7 Å². The minimum absolute atomic E-state index is 0. The number of carboxylic acids is 5. The van der Waals surface area contributed by atoms with E-state index in [9.17, 15) is 29.1 Å². The van der Waals surface area contributed by atoms with E-state index in [0.717, 1.165) is 0 Å². The van der Waals surface area contributed by atoms with Gasteiger partial charge in [-0.05, 0) is 0 Å². The molecule has 0 spiro atoms. The summed E-state index contributed by atoms with van der Waals surface area (Å²) in [6, 6.07) is 0. The molecule has 33 heteroatoms. The molecule has 0 amide bonds. The minimum Gasteiger partial charge on any atom is -0.542 e. The van der Waals surface area contributed by atoms with Gasteiger partial charge in [0.25, 0.3) is 0 Å². The molecule has 0 fully saturated rings. The van der Waals surface area contributed by atoms with Crippen molar-refractivity contribution in [3.05, 3.63) is 91.7 Å². The second kappa shape index (κ2) is 22.4. The van der Waals surface area contributed by atoms with E-state index in [1.54, 1.807) is 0 Å². The van der Waals surface area contributed by atoms with Gasteiger partial charge in [-0.1, -0.05) is 0 Å². The van der Waals surface area contributed by atoms with Crippen molar-refractivity contribution in [3.8, 4) is 0 Å². The number of nitrogens with zero attached hydrogens (tertiary/aromatic N) is 15. The topological polar surface area (TPSA) is 462 Å². The van der Waals surface area contributed by atoms with Crippen molar-refractivity contribution >= 4 is 85.7 Å². The second-order valence-electron chi connectivity index (χ2n) is 10.7. The van der Waals surface area contributed by atoms with E-state index >= 15 is 0 Å². The number of aromatic amines is 5. The molecule has 315 valence electrons. The average molecular weight is 937 g/mol. The Morgan fingerprint density at radius 1 is 0.381 bits per heavy atom.